The van der Waals surface area contributed by atoms with Gasteiger partial charge in [-0.25, -0.2) is 0 Å². The van der Waals surface area contributed by atoms with Crippen LogP contribution in [0.15, 0.2) is 36.4 Å². The van der Waals surface area contributed by atoms with Gasteiger partial charge in [-0.1, -0.05) is 62.7 Å². The topological polar surface area (TPSA) is 0 Å². The van der Waals surface area contributed by atoms with E-state index < -0.39 is 28.9 Å². The molecule has 0 nitrogen and oxygen atoms in total. The first-order valence-electron chi connectivity index (χ1n) is 8.57. The molecule has 3 rings (SSSR count). The summed E-state index contributed by atoms with van der Waals surface area (Å²) in [4.78, 5) is 0. The Labute approximate surface area is 154 Å². The van der Waals surface area contributed by atoms with Crippen LogP contribution in [0.2, 0.25) is 0 Å². The van der Waals surface area contributed by atoms with E-state index in [9.17, 15) is 26.3 Å². The molecule has 0 heterocycles. The standard InChI is InChI=1S/C21H20F6/c1-12-5-7-14-15-8-6-13(11-18(2,3)4)10-17(15)19(16(14)9-12,20(22,23)24)21(25,26)27/h5-10H,11H2,1-4H3. The molecule has 2 aromatic rings. The van der Waals surface area contributed by atoms with Crippen LogP contribution in [0.3, 0.4) is 0 Å². The summed E-state index contributed by atoms with van der Waals surface area (Å²) in [7, 11) is 0. The van der Waals surface area contributed by atoms with Gasteiger partial charge in [-0.2, -0.15) is 26.3 Å². The number of rotatable bonds is 1. The van der Waals surface area contributed by atoms with Crippen molar-refractivity contribution in [2.24, 2.45) is 5.41 Å². The Morgan fingerprint density at radius 1 is 0.741 bits per heavy atom. The van der Waals surface area contributed by atoms with Gasteiger partial charge in [0.25, 0.3) is 0 Å². The number of fused-ring (bicyclic) bond motifs is 3. The second-order valence-electron chi connectivity index (χ2n) is 8.41. The van der Waals surface area contributed by atoms with Crippen molar-refractivity contribution in [3.63, 3.8) is 0 Å². The zero-order chi connectivity index (χ0) is 20.4. The Morgan fingerprint density at radius 2 is 1.22 bits per heavy atom. The average Bonchev–Trinajstić information content (AvgIpc) is 2.73. The molecule has 0 saturated heterocycles. The van der Waals surface area contributed by atoms with Crippen LogP contribution in [-0.4, -0.2) is 12.4 Å². The third-order valence-electron chi connectivity index (χ3n) is 4.94. The molecule has 0 radical (unpaired) electrons. The van der Waals surface area contributed by atoms with E-state index in [2.05, 4.69) is 0 Å². The fourth-order valence-corrected chi connectivity index (χ4v) is 3.98. The molecule has 0 N–H and O–H groups in total. The van der Waals surface area contributed by atoms with Gasteiger partial charge in [0.05, 0.1) is 0 Å². The summed E-state index contributed by atoms with van der Waals surface area (Å²) in [5, 5.41) is 0. The van der Waals surface area contributed by atoms with Crippen molar-refractivity contribution in [2.45, 2.75) is 51.9 Å². The van der Waals surface area contributed by atoms with Gasteiger partial charge < -0.3 is 0 Å². The highest BCUT2D eigenvalue weighted by molar-refractivity contribution is 5.83. The number of halogens is 6. The van der Waals surface area contributed by atoms with Gasteiger partial charge in [-0.05, 0) is 46.6 Å². The number of hydrogen-bond acceptors (Lipinski definition) is 0. The number of alkyl halides is 6. The van der Waals surface area contributed by atoms with Gasteiger partial charge in [0.2, 0.25) is 5.41 Å². The van der Waals surface area contributed by atoms with E-state index >= 15 is 0 Å². The first-order valence-corrected chi connectivity index (χ1v) is 8.57. The smallest absolute Gasteiger partial charge is 0.169 e. The SMILES string of the molecule is Cc1ccc2c(c1)C(C(F)(F)F)(C(F)(F)F)c1cc(CC(C)(C)C)ccc1-2. The molecular formula is C21H20F6. The molecule has 1 aliphatic carbocycles. The second kappa shape index (κ2) is 5.76. The van der Waals surface area contributed by atoms with Crippen LogP contribution in [0.25, 0.3) is 11.1 Å². The molecule has 1 aliphatic rings. The van der Waals surface area contributed by atoms with E-state index in [1.54, 1.807) is 6.07 Å². The summed E-state index contributed by atoms with van der Waals surface area (Å²) >= 11 is 0. The summed E-state index contributed by atoms with van der Waals surface area (Å²) < 4.78 is 84.9. The first kappa shape index (κ1) is 19.8. The molecule has 146 valence electrons. The van der Waals surface area contributed by atoms with Crippen LogP contribution in [0, 0.1) is 12.3 Å². The van der Waals surface area contributed by atoms with Crippen molar-refractivity contribution in [1.82, 2.24) is 0 Å². The maximum atomic E-state index is 14.2. The highest BCUT2D eigenvalue weighted by atomic mass is 19.4. The predicted octanol–water partition coefficient (Wildman–Crippen LogP) is 6.97. The molecule has 0 aromatic heterocycles. The van der Waals surface area contributed by atoms with Crippen LogP contribution in [0.1, 0.15) is 43.0 Å². The van der Waals surface area contributed by atoms with E-state index in [1.807, 2.05) is 20.8 Å². The number of benzene rings is 2. The summed E-state index contributed by atoms with van der Waals surface area (Å²) in [6.07, 6.45) is -10.7. The fraction of sp³-hybridized carbons (Fsp3) is 0.429. The lowest BCUT2D eigenvalue weighted by Gasteiger charge is -2.36. The van der Waals surface area contributed by atoms with E-state index in [0.29, 0.717) is 17.5 Å². The minimum Gasteiger partial charge on any atom is -0.169 e. The fourth-order valence-electron chi connectivity index (χ4n) is 3.98. The highest BCUT2D eigenvalue weighted by Gasteiger charge is 2.75. The lowest BCUT2D eigenvalue weighted by atomic mass is 9.75. The highest BCUT2D eigenvalue weighted by Crippen LogP contribution is 2.63. The number of hydrogen-bond donors (Lipinski definition) is 0. The Kier molecular flexibility index (Phi) is 4.22. The lowest BCUT2D eigenvalue weighted by Crippen LogP contribution is -2.53. The van der Waals surface area contributed by atoms with Crippen molar-refractivity contribution in [1.29, 1.82) is 0 Å². The maximum absolute atomic E-state index is 14.2. The van der Waals surface area contributed by atoms with Gasteiger partial charge in [-0.3, -0.25) is 0 Å². The van der Waals surface area contributed by atoms with Crippen molar-refractivity contribution in [2.75, 3.05) is 0 Å². The van der Waals surface area contributed by atoms with E-state index in [0.717, 1.165) is 12.1 Å². The van der Waals surface area contributed by atoms with Crippen molar-refractivity contribution in [3.05, 3.63) is 58.7 Å². The Morgan fingerprint density at radius 3 is 1.70 bits per heavy atom. The summed E-state index contributed by atoms with van der Waals surface area (Å²) in [6.45, 7) is 7.16. The summed E-state index contributed by atoms with van der Waals surface area (Å²) in [5.41, 5.74) is -4.92. The van der Waals surface area contributed by atoms with Crippen molar-refractivity contribution >= 4 is 0 Å². The molecule has 0 aliphatic heterocycles. The second-order valence-corrected chi connectivity index (χ2v) is 8.41. The molecule has 0 bridgehead atoms. The van der Waals surface area contributed by atoms with Gasteiger partial charge in [-0.15, -0.1) is 0 Å². The molecule has 2 aromatic carbocycles. The molecule has 0 spiro atoms. The molecule has 6 heteroatoms. The molecule has 0 fully saturated rings. The molecule has 0 unspecified atom stereocenters. The first-order chi connectivity index (χ1) is 12.2. The minimum absolute atomic E-state index is 0.00249. The van der Waals surface area contributed by atoms with E-state index in [4.69, 9.17) is 0 Å². The molecule has 0 saturated carbocycles. The Hall–Kier alpha value is -1.98. The minimum atomic E-state index is -5.51. The average molecular weight is 386 g/mol. The zero-order valence-electron chi connectivity index (χ0n) is 15.4. The van der Waals surface area contributed by atoms with Crippen molar-refractivity contribution in [3.8, 4) is 11.1 Å². The number of aryl methyl sites for hydroxylation is 1. The third-order valence-corrected chi connectivity index (χ3v) is 4.94. The molecule has 0 amide bonds. The van der Waals surface area contributed by atoms with Gasteiger partial charge in [0.1, 0.15) is 0 Å². The Balaban J connectivity index is 2.40. The van der Waals surface area contributed by atoms with Crippen LogP contribution >= 0.6 is 0 Å². The Bertz CT molecular complexity index is 867. The molecule has 0 atom stereocenters. The maximum Gasteiger partial charge on any atom is 0.411 e. The largest absolute Gasteiger partial charge is 0.411 e. The van der Waals surface area contributed by atoms with Crippen molar-refractivity contribution < 1.29 is 26.3 Å². The summed E-state index contributed by atoms with van der Waals surface area (Å²) in [6, 6.07) is 8.01. The molecular weight excluding hydrogens is 366 g/mol. The van der Waals surface area contributed by atoms with Crippen LogP contribution in [-0.2, 0) is 11.8 Å². The van der Waals surface area contributed by atoms with Gasteiger partial charge >= 0.3 is 12.4 Å². The van der Waals surface area contributed by atoms with E-state index in [1.165, 1.54) is 25.1 Å². The van der Waals surface area contributed by atoms with Crippen LogP contribution in [0.4, 0.5) is 26.3 Å². The van der Waals surface area contributed by atoms with Crippen LogP contribution < -0.4 is 0 Å². The van der Waals surface area contributed by atoms with Gasteiger partial charge in [0.15, 0.2) is 0 Å². The monoisotopic (exact) mass is 386 g/mol. The van der Waals surface area contributed by atoms with E-state index in [-0.39, 0.29) is 16.5 Å². The predicted molar refractivity (Wildman–Crippen MR) is 92.7 cm³/mol. The quantitative estimate of drug-likeness (QED) is 0.464. The molecule has 27 heavy (non-hydrogen) atoms. The lowest BCUT2D eigenvalue weighted by molar-refractivity contribution is -0.287. The zero-order valence-corrected chi connectivity index (χ0v) is 15.4. The normalized spacial score (nSPS) is 16.2. The third kappa shape index (κ3) is 2.93. The van der Waals surface area contributed by atoms with Crippen LogP contribution in [0.5, 0.6) is 0 Å². The van der Waals surface area contributed by atoms with Gasteiger partial charge in [0, 0.05) is 0 Å². The summed E-state index contributed by atoms with van der Waals surface area (Å²) in [5.74, 6) is 0.